The van der Waals surface area contributed by atoms with Gasteiger partial charge in [-0.3, -0.25) is 15.0 Å². The van der Waals surface area contributed by atoms with Crippen LogP contribution in [0.2, 0.25) is 0 Å². The van der Waals surface area contributed by atoms with Gasteiger partial charge < -0.3 is 5.73 Å². The van der Waals surface area contributed by atoms with Crippen LogP contribution in [0.1, 0.15) is 18.5 Å². The van der Waals surface area contributed by atoms with Crippen LogP contribution in [0.4, 0.5) is 5.69 Å². The van der Waals surface area contributed by atoms with Gasteiger partial charge in [0.05, 0.1) is 4.92 Å². The Bertz CT molecular complexity index is 368. The third-order valence-electron chi connectivity index (χ3n) is 2.71. The summed E-state index contributed by atoms with van der Waals surface area (Å²) in [5.41, 5.74) is 6.54. The summed E-state index contributed by atoms with van der Waals surface area (Å²) in [7, 11) is 1.95. The Morgan fingerprint density at radius 2 is 2.25 bits per heavy atom. The minimum Gasteiger partial charge on any atom is -0.329 e. The highest BCUT2D eigenvalue weighted by molar-refractivity contribution is 5.35. The van der Waals surface area contributed by atoms with Crippen molar-refractivity contribution in [3.63, 3.8) is 0 Å². The number of non-ortho nitro benzene ring substituents is 1. The van der Waals surface area contributed by atoms with Crippen molar-refractivity contribution in [2.24, 2.45) is 5.73 Å². The van der Waals surface area contributed by atoms with E-state index < -0.39 is 0 Å². The van der Waals surface area contributed by atoms with Gasteiger partial charge in [0.1, 0.15) is 0 Å². The van der Waals surface area contributed by atoms with E-state index in [4.69, 9.17) is 5.73 Å². The van der Waals surface area contributed by atoms with Crippen molar-refractivity contribution in [2.45, 2.75) is 13.0 Å². The number of nitrogens with two attached hydrogens (primary N) is 1. The number of benzene rings is 1. The molecule has 5 heteroatoms. The summed E-state index contributed by atoms with van der Waals surface area (Å²) < 4.78 is 0. The number of nitro groups is 1. The predicted octanol–water partition coefficient (Wildman–Crippen LogP) is 1.55. The Balaban J connectivity index is 2.86. The highest BCUT2D eigenvalue weighted by atomic mass is 16.6. The summed E-state index contributed by atoms with van der Waals surface area (Å²) in [6.45, 7) is 3.36. The number of rotatable bonds is 5. The fourth-order valence-corrected chi connectivity index (χ4v) is 1.55. The minimum absolute atomic E-state index is 0.128. The van der Waals surface area contributed by atoms with Crippen molar-refractivity contribution in [2.75, 3.05) is 20.1 Å². The average molecular weight is 223 g/mol. The molecule has 1 aromatic rings. The SMILES string of the molecule is CC(c1cccc([N+](=O)[O-])c1)N(C)CCN. The molecule has 0 spiro atoms. The lowest BCUT2D eigenvalue weighted by molar-refractivity contribution is -0.384. The summed E-state index contributed by atoms with van der Waals surface area (Å²) in [6.07, 6.45) is 0. The molecule has 1 unspecified atom stereocenters. The normalized spacial score (nSPS) is 12.8. The first-order valence-electron chi connectivity index (χ1n) is 5.21. The van der Waals surface area contributed by atoms with Gasteiger partial charge in [0, 0.05) is 31.3 Å². The van der Waals surface area contributed by atoms with Gasteiger partial charge in [-0.2, -0.15) is 0 Å². The van der Waals surface area contributed by atoms with Crippen LogP contribution in [-0.4, -0.2) is 30.0 Å². The van der Waals surface area contributed by atoms with Gasteiger partial charge in [0.15, 0.2) is 0 Å². The van der Waals surface area contributed by atoms with Gasteiger partial charge in [0.2, 0.25) is 0 Å². The van der Waals surface area contributed by atoms with E-state index in [-0.39, 0.29) is 16.7 Å². The Kier molecular flexibility index (Phi) is 4.39. The Hall–Kier alpha value is -1.46. The number of hydrogen-bond donors (Lipinski definition) is 1. The van der Waals surface area contributed by atoms with Crippen molar-refractivity contribution in [1.82, 2.24) is 4.90 Å². The topological polar surface area (TPSA) is 72.4 Å². The zero-order valence-corrected chi connectivity index (χ0v) is 9.59. The van der Waals surface area contributed by atoms with Crippen LogP contribution in [0.15, 0.2) is 24.3 Å². The molecule has 0 heterocycles. The van der Waals surface area contributed by atoms with Crippen LogP contribution in [0.5, 0.6) is 0 Å². The highest BCUT2D eigenvalue weighted by Gasteiger charge is 2.13. The maximum atomic E-state index is 10.6. The molecule has 1 atom stereocenters. The van der Waals surface area contributed by atoms with Gasteiger partial charge in [-0.1, -0.05) is 12.1 Å². The predicted molar refractivity (Wildman–Crippen MR) is 63.2 cm³/mol. The van der Waals surface area contributed by atoms with Gasteiger partial charge in [-0.15, -0.1) is 0 Å². The standard InChI is InChI=1S/C11H17N3O2/c1-9(13(2)7-6-12)10-4-3-5-11(8-10)14(15)16/h3-5,8-9H,6-7,12H2,1-2H3. The summed E-state index contributed by atoms with van der Waals surface area (Å²) >= 11 is 0. The second kappa shape index (κ2) is 5.58. The molecule has 0 fully saturated rings. The van der Waals surface area contributed by atoms with Crippen molar-refractivity contribution in [1.29, 1.82) is 0 Å². The van der Waals surface area contributed by atoms with E-state index in [1.807, 2.05) is 20.0 Å². The van der Waals surface area contributed by atoms with Crippen LogP contribution in [0, 0.1) is 10.1 Å². The van der Waals surface area contributed by atoms with Crippen LogP contribution < -0.4 is 5.73 Å². The molecule has 88 valence electrons. The molecule has 0 saturated carbocycles. The van der Waals surface area contributed by atoms with Crippen LogP contribution >= 0.6 is 0 Å². The van der Waals surface area contributed by atoms with Crippen LogP contribution in [-0.2, 0) is 0 Å². The monoisotopic (exact) mass is 223 g/mol. The van der Waals surface area contributed by atoms with E-state index in [1.54, 1.807) is 12.1 Å². The van der Waals surface area contributed by atoms with Gasteiger partial charge in [-0.25, -0.2) is 0 Å². The molecule has 1 rings (SSSR count). The first kappa shape index (κ1) is 12.6. The quantitative estimate of drug-likeness (QED) is 0.607. The van der Waals surface area contributed by atoms with E-state index in [0.29, 0.717) is 6.54 Å². The number of likely N-dealkylation sites (N-methyl/N-ethyl adjacent to an activating group) is 1. The third kappa shape index (κ3) is 3.01. The first-order valence-corrected chi connectivity index (χ1v) is 5.21. The molecule has 1 aromatic carbocycles. The van der Waals surface area contributed by atoms with E-state index in [2.05, 4.69) is 4.90 Å². The zero-order valence-electron chi connectivity index (χ0n) is 9.59. The molecule has 0 saturated heterocycles. The molecule has 5 nitrogen and oxygen atoms in total. The van der Waals surface area contributed by atoms with E-state index in [1.165, 1.54) is 6.07 Å². The lowest BCUT2D eigenvalue weighted by Gasteiger charge is -2.24. The molecule has 0 radical (unpaired) electrons. The maximum absolute atomic E-state index is 10.6. The summed E-state index contributed by atoms with van der Waals surface area (Å²) in [5, 5.41) is 10.6. The smallest absolute Gasteiger partial charge is 0.269 e. The van der Waals surface area contributed by atoms with Crippen molar-refractivity contribution in [3.8, 4) is 0 Å². The minimum atomic E-state index is -0.376. The molecular formula is C11H17N3O2. The van der Waals surface area contributed by atoms with Gasteiger partial charge in [0.25, 0.3) is 5.69 Å². The summed E-state index contributed by atoms with van der Waals surface area (Å²) in [6, 6.07) is 6.84. The number of nitro benzene ring substituents is 1. The van der Waals surface area contributed by atoms with E-state index in [0.717, 1.165) is 12.1 Å². The van der Waals surface area contributed by atoms with E-state index in [9.17, 15) is 10.1 Å². The van der Waals surface area contributed by atoms with Gasteiger partial charge in [-0.05, 0) is 19.5 Å². The Labute approximate surface area is 95.0 Å². The van der Waals surface area contributed by atoms with Gasteiger partial charge >= 0.3 is 0 Å². The van der Waals surface area contributed by atoms with E-state index >= 15 is 0 Å². The molecular weight excluding hydrogens is 206 g/mol. The second-order valence-electron chi connectivity index (χ2n) is 3.80. The Morgan fingerprint density at radius 1 is 1.56 bits per heavy atom. The lowest BCUT2D eigenvalue weighted by Crippen LogP contribution is -2.28. The molecule has 2 N–H and O–H groups in total. The summed E-state index contributed by atoms with van der Waals surface area (Å²) in [5.74, 6) is 0. The lowest BCUT2D eigenvalue weighted by atomic mass is 10.1. The largest absolute Gasteiger partial charge is 0.329 e. The van der Waals surface area contributed by atoms with Crippen molar-refractivity contribution < 1.29 is 4.92 Å². The number of nitrogens with zero attached hydrogens (tertiary/aromatic N) is 2. The zero-order chi connectivity index (χ0) is 12.1. The van der Waals surface area contributed by atoms with Crippen LogP contribution in [0.3, 0.4) is 0 Å². The molecule has 0 aromatic heterocycles. The average Bonchev–Trinajstić information content (AvgIpc) is 2.28. The Morgan fingerprint density at radius 3 is 2.81 bits per heavy atom. The third-order valence-corrected chi connectivity index (χ3v) is 2.71. The van der Waals surface area contributed by atoms with Crippen LogP contribution in [0.25, 0.3) is 0 Å². The van der Waals surface area contributed by atoms with Crippen molar-refractivity contribution >= 4 is 5.69 Å². The highest BCUT2D eigenvalue weighted by Crippen LogP contribution is 2.22. The van der Waals surface area contributed by atoms with Crippen molar-refractivity contribution in [3.05, 3.63) is 39.9 Å². The first-order chi connectivity index (χ1) is 7.56. The molecule has 16 heavy (non-hydrogen) atoms. The molecule has 0 bridgehead atoms. The number of hydrogen-bond acceptors (Lipinski definition) is 4. The molecule has 0 amide bonds. The molecule has 0 aliphatic rings. The summed E-state index contributed by atoms with van der Waals surface area (Å²) in [4.78, 5) is 12.3. The second-order valence-corrected chi connectivity index (χ2v) is 3.80. The fraction of sp³-hybridized carbons (Fsp3) is 0.455. The molecule has 0 aliphatic carbocycles. The fourth-order valence-electron chi connectivity index (χ4n) is 1.55. The molecule has 0 aliphatic heterocycles. The maximum Gasteiger partial charge on any atom is 0.269 e.